The van der Waals surface area contributed by atoms with Crippen molar-refractivity contribution >= 4 is 44.9 Å². The monoisotopic (exact) mass is 295 g/mol. The Bertz CT molecular complexity index is 947. The van der Waals surface area contributed by atoms with Gasteiger partial charge in [0.05, 0.1) is 16.2 Å². The van der Waals surface area contributed by atoms with Crippen LogP contribution in [-0.2, 0) is 0 Å². The molecule has 0 unspecified atom stereocenters. The zero-order chi connectivity index (χ0) is 14.2. The zero-order valence-electron chi connectivity index (χ0n) is 10.8. The molecule has 3 heterocycles. The van der Waals surface area contributed by atoms with E-state index < -0.39 is 0 Å². The molecule has 0 saturated heterocycles. The quantitative estimate of drug-likeness (QED) is 0.588. The van der Waals surface area contributed by atoms with Crippen molar-refractivity contribution < 1.29 is 0 Å². The van der Waals surface area contributed by atoms with Gasteiger partial charge in [-0.2, -0.15) is 5.10 Å². The average Bonchev–Trinajstić information content (AvgIpc) is 2.94. The average molecular weight is 296 g/mol. The van der Waals surface area contributed by atoms with E-state index in [9.17, 15) is 0 Å². The number of benzene rings is 1. The van der Waals surface area contributed by atoms with E-state index in [1.54, 1.807) is 18.6 Å². The Morgan fingerprint density at radius 2 is 2.05 bits per heavy atom. The van der Waals surface area contributed by atoms with Crippen LogP contribution in [-0.4, -0.2) is 20.2 Å². The number of aromatic nitrogens is 4. The molecule has 0 aliphatic carbocycles. The van der Waals surface area contributed by atoms with Crippen molar-refractivity contribution in [3.05, 3.63) is 53.9 Å². The predicted octanol–water partition coefficient (Wildman–Crippen LogP) is 3.90. The van der Waals surface area contributed by atoms with Gasteiger partial charge in [0.2, 0.25) is 0 Å². The Morgan fingerprint density at radius 1 is 1.10 bits per heavy atom. The molecule has 4 rings (SSSR count). The summed E-state index contributed by atoms with van der Waals surface area (Å²) in [6, 6.07) is 9.56. The lowest BCUT2D eigenvalue weighted by Gasteiger charge is -2.08. The van der Waals surface area contributed by atoms with Crippen LogP contribution in [0.4, 0.5) is 11.5 Å². The van der Waals surface area contributed by atoms with E-state index in [4.69, 9.17) is 11.6 Å². The summed E-state index contributed by atoms with van der Waals surface area (Å²) in [4.78, 5) is 8.41. The van der Waals surface area contributed by atoms with E-state index >= 15 is 0 Å². The lowest BCUT2D eigenvalue weighted by atomic mass is 10.1. The molecular formula is C15H10ClN5. The third kappa shape index (κ3) is 1.98. The maximum Gasteiger partial charge on any atom is 0.178 e. The van der Waals surface area contributed by atoms with Crippen molar-refractivity contribution in [2.24, 2.45) is 0 Å². The normalized spacial score (nSPS) is 11.1. The van der Waals surface area contributed by atoms with Crippen LogP contribution < -0.4 is 5.32 Å². The Morgan fingerprint density at radius 3 is 3.00 bits per heavy atom. The number of pyridine rings is 2. The second-order valence-corrected chi connectivity index (χ2v) is 5.00. The van der Waals surface area contributed by atoms with Crippen molar-refractivity contribution in [3.8, 4) is 0 Å². The van der Waals surface area contributed by atoms with E-state index in [1.165, 1.54) is 0 Å². The van der Waals surface area contributed by atoms with Gasteiger partial charge < -0.3 is 5.32 Å². The first-order valence-electron chi connectivity index (χ1n) is 6.41. The maximum atomic E-state index is 6.46. The Balaban J connectivity index is 1.82. The molecule has 0 radical (unpaired) electrons. The summed E-state index contributed by atoms with van der Waals surface area (Å²) in [6.45, 7) is 0. The van der Waals surface area contributed by atoms with E-state index in [0.29, 0.717) is 10.8 Å². The Kier molecular flexibility index (Phi) is 2.72. The van der Waals surface area contributed by atoms with Gasteiger partial charge in [0.1, 0.15) is 5.52 Å². The second-order valence-electron chi connectivity index (χ2n) is 4.62. The van der Waals surface area contributed by atoms with Crippen LogP contribution in [0, 0.1) is 0 Å². The van der Waals surface area contributed by atoms with E-state index in [1.807, 2.05) is 30.3 Å². The largest absolute Gasteiger partial charge is 0.336 e. The number of nitrogens with one attached hydrogen (secondary N) is 2. The van der Waals surface area contributed by atoms with Gasteiger partial charge in [-0.15, -0.1) is 0 Å². The van der Waals surface area contributed by atoms with Crippen LogP contribution in [0.2, 0.25) is 5.02 Å². The second kappa shape index (κ2) is 4.71. The highest BCUT2D eigenvalue weighted by molar-refractivity contribution is 6.38. The number of H-pyrrole nitrogens is 1. The fourth-order valence-corrected chi connectivity index (χ4v) is 2.58. The van der Waals surface area contributed by atoms with Gasteiger partial charge in [-0.3, -0.25) is 15.1 Å². The highest BCUT2D eigenvalue weighted by Gasteiger charge is 2.10. The van der Waals surface area contributed by atoms with Gasteiger partial charge in [0.15, 0.2) is 5.82 Å². The van der Waals surface area contributed by atoms with E-state index in [2.05, 4.69) is 25.5 Å². The summed E-state index contributed by atoms with van der Waals surface area (Å²) >= 11 is 6.46. The molecule has 4 aromatic rings. The summed E-state index contributed by atoms with van der Waals surface area (Å²) in [7, 11) is 0. The van der Waals surface area contributed by atoms with Crippen LogP contribution >= 0.6 is 11.6 Å². The summed E-state index contributed by atoms with van der Waals surface area (Å²) in [5, 5.41) is 13.0. The number of nitrogens with zero attached hydrogens (tertiary/aromatic N) is 3. The Labute approximate surface area is 125 Å². The summed E-state index contributed by atoms with van der Waals surface area (Å²) in [5.74, 6) is 0.654. The molecule has 6 heteroatoms. The SMILES string of the molecule is Clc1c(Nc2n[nH]c3cccnc23)ccc2cnccc12. The van der Waals surface area contributed by atoms with Crippen LogP contribution in [0.15, 0.2) is 48.9 Å². The summed E-state index contributed by atoms with van der Waals surface area (Å²) < 4.78 is 0. The lowest BCUT2D eigenvalue weighted by molar-refractivity contribution is 1.12. The molecule has 0 saturated carbocycles. The van der Waals surface area contributed by atoms with Gasteiger partial charge >= 0.3 is 0 Å². The molecule has 0 bridgehead atoms. The van der Waals surface area contributed by atoms with Gasteiger partial charge in [0.25, 0.3) is 0 Å². The number of hydrogen-bond donors (Lipinski definition) is 2. The lowest BCUT2D eigenvalue weighted by Crippen LogP contribution is -1.93. The molecule has 2 N–H and O–H groups in total. The minimum absolute atomic E-state index is 0.641. The molecule has 0 aliphatic rings. The predicted molar refractivity (Wildman–Crippen MR) is 83.9 cm³/mol. The van der Waals surface area contributed by atoms with Gasteiger partial charge in [-0.1, -0.05) is 17.7 Å². The van der Waals surface area contributed by atoms with Crippen LogP contribution in [0.25, 0.3) is 21.8 Å². The fraction of sp³-hybridized carbons (Fsp3) is 0. The highest BCUT2D eigenvalue weighted by Crippen LogP contribution is 2.33. The zero-order valence-corrected chi connectivity index (χ0v) is 11.6. The van der Waals surface area contributed by atoms with Gasteiger partial charge in [0, 0.05) is 29.4 Å². The number of hydrogen-bond acceptors (Lipinski definition) is 4. The van der Waals surface area contributed by atoms with Crippen LogP contribution in [0.5, 0.6) is 0 Å². The smallest absolute Gasteiger partial charge is 0.178 e. The van der Waals surface area contributed by atoms with Crippen molar-refractivity contribution in [1.29, 1.82) is 0 Å². The number of fused-ring (bicyclic) bond motifs is 2. The van der Waals surface area contributed by atoms with Gasteiger partial charge in [-0.25, -0.2) is 0 Å². The van der Waals surface area contributed by atoms with Crippen molar-refractivity contribution in [2.45, 2.75) is 0 Å². The van der Waals surface area contributed by atoms with Crippen molar-refractivity contribution in [1.82, 2.24) is 20.2 Å². The standard InChI is InChI=1S/C15H10ClN5/c16-13-10-5-7-17-8-9(10)3-4-11(13)19-15-14-12(20-21-15)2-1-6-18-14/h1-8H,(H2,19,20,21). The third-order valence-electron chi connectivity index (χ3n) is 3.33. The molecule has 1 aromatic carbocycles. The molecule has 102 valence electrons. The highest BCUT2D eigenvalue weighted by atomic mass is 35.5. The molecular weight excluding hydrogens is 286 g/mol. The first kappa shape index (κ1) is 12.1. The third-order valence-corrected chi connectivity index (χ3v) is 3.73. The number of rotatable bonds is 2. The molecule has 0 fully saturated rings. The topological polar surface area (TPSA) is 66.5 Å². The molecule has 0 aliphatic heterocycles. The summed E-state index contributed by atoms with van der Waals surface area (Å²) in [6.07, 6.45) is 5.25. The van der Waals surface area contributed by atoms with Gasteiger partial charge in [-0.05, 0) is 24.3 Å². The van der Waals surface area contributed by atoms with E-state index in [0.717, 1.165) is 27.5 Å². The molecule has 3 aromatic heterocycles. The van der Waals surface area contributed by atoms with E-state index in [-0.39, 0.29) is 0 Å². The fourth-order valence-electron chi connectivity index (χ4n) is 2.30. The first-order chi connectivity index (χ1) is 10.3. The van der Waals surface area contributed by atoms with Crippen LogP contribution in [0.1, 0.15) is 0 Å². The Hall–Kier alpha value is -2.66. The minimum atomic E-state index is 0.641. The molecule has 21 heavy (non-hydrogen) atoms. The van der Waals surface area contributed by atoms with Crippen molar-refractivity contribution in [2.75, 3.05) is 5.32 Å². The minimum Gasteiger partial charge on any atom is -0.336 e. The maximum absolute atomic E-state index is 6.46. The number of anilines is 2. The molecule has 0 atom stereocenters. The van der Waals surface area contributed by atoms with Crippen molar-refractivity contribution in [3.63, 3.8) is 0 Å². The molecule has 0 spiro atoms. The molecule has 5 nitrogen and oxygen atoms in total. The first-order valence-corrected chi connectivity index (χ1v) is 6.79. The molecule has 0 amide bonds. The summed E-state index contributed by atoms with van der Waals surface area (Å²) in [5.41, 5.74) is 2.44. The number of halogens is 1. The number of aromatic amines is 1. The van der Waals surface area contributed by atoms with Crippen LogP contribution in [0.3, 0.4) is 0 Å².